The Morgan fingerprint density at radius 1 is 1.50 bits per heavy atom. The van der Waals surface area contributed by atoms with Gasteiger partial charge in [-0.05, 0) is 24.0 Å². The van der Waals surface area contributed by atoms with Crippen molar-refractivity contribution in [1.29, 1.82) is 0 Å². The van der Waals surface area contributed by atoms with E-state index in [0.717, 1.165) is 12.0 Å². The molecule has 0 saturated heterocycles. The fraction of sp³-hybridized carbons (Fsp3) is 0.545. The van der Waals surface area contributed by atoms with Crippen LogP contribution in [0.5, 0.6) is 0 Å². The van der Waals surface area contributed by atoms with Crippen molar-refractivity contribution < 1.29 is 4.39 Å². The first-order chi connectivity index (χ1) is 6.50. The van der Waals surface area contributed by atoms with Crippen LogP contribution in [-0.4, -0.2) is 4.98 Å². The Morgan fingerprint density at radius 3 is 2.57 bits per heavy atom. The first kappa shape index (κ1) is 11.1. The molecule has 78 valence electrons. The number of nitrogens with zero attached hydrogens (tertiary/aromatic N) is 1. The van der Waals surface area contributed by atoms with Crippen molar-refractivity contribution in [1.82, 2.24) is 4.98 Å². The summed E-state index contributed by atoms with van der Waals surface area (Å²) in [5.41, 5.74) is 6.52. The number of hydrogen-bond donors (Lipinski definition) is 1. The highest BCUT2D eigenvalue weighted by Gasteiger charge is 2.29. The average molecular weight is 196 g/mol. The maximum atomic E-state index is 13.0. The van der Waals surface area contributed by atoms with Gasteiger partial charge in [-0.1, -0.05) is 20.8 Å². The van der Waals surface area contributed by atoms with Crippen LogP contribution in [0.2, 0.25) is 0 Å². The van der Waals surface area contributed by atoms with Crippen LogP contribution < -0.4 is 5.73 Å². The van der Waals surface area contributed by atoms with Crippen molar-refractivity contribution in [3.05, 3.63) is 29.8 Å². The highest BCUT2D eigenvalue weighted by atomic mass is 19.1. The summed E-state index contributed by atoms with van der Waals surface area (Å²) in [6, 6.07) is 1.47. The van der Waals surface area contributed by atoms with Crippen LogP contribution in [0.4, 0.5) is 4.39 Å². The molecule has 1 aromatic rings. The Kier molecular flexibility index (Phi) is 3.21. The van der Waals surface area contributed by atoms with E-state index in [4.69, 9.17) is 5.73 Å². The summed E-state index contributed by atoms with van der Waals surface area (Å²) in [7, 11) is 0. The molecule has 2 nitrogen and oxygen atoms in total. The molecule has 0 saturated carbocycles. The van der Waals surface area contributed by atoms with E-state index in [1.54, 1.807) is 6.20 Å². The molecule has 3 heteroatoms. The van der Waals surface area contributed by atoms with Gasteiger partial charge in [-0.25, -0.2) is 4.39 Å². The molecule has 0 bridgehead atoms. The van der Waals surface area contributed by atoms with Gasteiger partial charge in [0.25, 0.3) is 0 Å². The van der Waals surface area contributed by atoms with Crippen LogP contribution in [0.25, 0.3) is 0 Å². The molecule has 14 heavy (non-hydrogen) atoms. The van der Waals surface area contributed by atoms with Gasteiger partial charge in [0.1, 0.15) is 5.82 Å². The molecule has 0 radical (unpaired) electrons. The third-order valence-corrected chi connectivity index (χ3v) is 2.86. The molecule has 0 aliphatic rings. The first-order valence-corrected chi connectivity index (χ1v) is 4.90. The number of nitrogens with two attached hydrogens (primary N) is 1. The fourth-order valence-corrected chi connectivity index (χ4v) is 1.61. The Hall–Kier alpha value is -0.960. The van der Waals surface area contributed by atoms with Gasteiger partial charge < -0.3 is 5.73 Å². The highest BCUT2D eigenvalue weighted by Crippen LogP contribution is 2.29. The van der Waals surface area contributed by atoms with Crippen LogP contribution in [0.15, 0.2) is 18.5 Å². The van der Waals surface area contributed by atoms with Gasteiger partial charge >= 0.3 is 0 Å². The molecule has 0 amide bonds. The molecule has 2 N–H and O–H groups in total. The largest absolute Gasteiger partial charge is 0.321 e. The average Bonchev–Trinajstić information content (AvgIpc) is 2.16. The van der Waals surface area contributed by atoms with E-state index in [-0.39, 0.29) is 11.7 Å². The van der Waals surface area contributed by atoms with Crippen molar-refractivity contribution in [2.45, 2.75) is 32.7 Å². The molecule has 0 fully saturated rings. The second-order valence-electron chi connectivity index (χ2n) is 3.94. The lowest BCUT2D eigenvalue weighted by atomic mass is 9.79. The fourth-order valence-electron chi connectivity index (χ4n) is 1.61. The zero-order valence-corrected chi connectivity index (χ0v) is 8.92. The Morgan fingerprint density at radius 2 is 2.14 bits per heavy atom. The highest BCUT2D eigenvalue weighted by molar-refractivity contribution is 5.21. The molecule has 1 rings (SSSR count). The second-order valence-corrected chi connectivity index (χ2v) is 3.94. The van der Waals surface area contributed by atoms with Crippen LogP contribution in [0.1, 0.15) is 32.8 Å². The Labute approximate surface area is 84.3 Å². The van der Waals surface area contributed by atoms with Crippen LogP contribution in [0.3, 0.4) is 0 Å². The van der Waals surface area contributed by atoms with Gasteiger partial charge in [0, 0.05) is 11.7 Å². The van der Waals surface area contributed by atoms with Crippen molar-refractivity contribution in [2.24, 2.45) is 11.7 Å². The van der Waals surface area contributed by atoms with E-state index in [1.807, 2.05) is 20.8 Å². The number of hydrogen-bond acceptors (Lipinski definition) is 2. The molecule has 1 atom stereocenters. The van der Waals surface area contributed by atoms with Gasteiger partial charge in [-0.3, -0.25) is 4.98 Å². The lowest BCUT2D eigenvalue weighted by Gasteiger charge is -2.32. The molecule has 0 spiro atoms. The van der Waals surface area contributed by atoms with Crippen molar-refractivity contribution in [3.8, 4) is 0 Å². The minimum atomic E-state index is -0.477. The minimum absolute atomic E-state index is 0.260. The molecule has 0 aliphatic carbocycles. The van der Waals surface area contributed by atoms with Crippen LogP contribution >= 0.6 is 0 Å². The SMILES string of the molecule is CCC(N)(c1cncc(F)c1)C(C)C. The maximum Gasteiger partial charge on any atom is 0.141 e. The summed E-state index contributed by atoms with van der Waals surface area (Å²) in [6.07, 6.45) is 3.61. The summed E-state index contributed by atoms with van der Waals surface area (Å²) >= 11 is 0. The normalized spacial score (nSPS) is 15.6. The first-order valence-electron chi connectivity index (χ1n) is 4.90. The molecule has 0 aromatic carbocycles. The zero-order chi connectivity index (χ0) is 10.8. The molecule has 1 unspecified atom stereocenters. The third-order valence-electron chi connectivity index (χ3n) is 2.86. The standard InChI is InChI=1S/C11H17FN2/c1-4-11(13,8(2)3)9-5-10(12)7-14-6-9/h5-8H,4,13H2,1-3H3. The van der Waals surface area contributed by atoms with Gasteiger partial charge in [0.05, 0.1) is 6.20 Å². The monoisotopic (exact) mass is 196 g/mol. The van der Waals surface area contributed by atoms with Crippen molar-refractivity contribution in [2.75, 3.05) is 0 Å². The Balaban J connectivity index is 3.12. The number of pyridine rings is 1. The van der Waals surface area contributed by atoms with E-state index in [0.29, 0.717) is 0 Å². The summed E-state index contributed by atoms with van der Waals surface area (Å²) in [6.45, 7) is 6.08. The van der Waals surface area contributed by atoms with Crippen LogP contribution in [-0.2, 0) is 5.54 Å². The van der Waals surface area contributed by atoms with Crippen molar-refractivity contribution >= 4 is 0 Å². The maximum absolute atomic E-state index is 13.0. The zero-order valence-electron chi connectivity index (χ0n) is 8.92. The quantitative estimate of drug-likeness (QED) is 0.806. The third kappa shape index (κ3) is 1.93. The predicted octanol–water partition coefficient (Wildman–Crippen LogP) is 2.44. The molecule has 0 aliphatic heterocycles. The number of halogens is 1. The van der Waals surface area contributed by atoms with Gasteiger partial charge in [-0.15, -0.1) is 0 Å². The lowest BCUT2D eigenvalue weighted by Crippen LogP contribution is -2.41. The van der Waals surface area contributed by atoms with Gasteiger partial charge in [0.2, 0.25) is 0 Å². The summed E-state index contributed by atoms with van der Waals surface area (Å²) in [5, 5.41) is 0. The van der Waals surface area contributed by atoms with E-state index in [2.05, 4.69) is 4.98 Å². The van der Waals surface area contributed by atoms with E-state index < -0.39 is 5.54 Å². The predicted molar refractivity (Wildman–Crippen MR) is 55.2 cm³/mol. The van der Waals surface area contributed by atoms with E-state index >= 15 is 0 Å². The second kappa shape index (κ2) is 4.05. The topological polar surface area (TPSA) is 38.9 Å². The summed E-state index contributed by atoms with van der Waals surface area (Å²) in [4.78, 5) is 3.83. The molecular weight excluding hydrogens is 179 g/mol. The number of rotatable bonds is 3. The molecule has 1 heterocycles. The van der Waals surface area contributed by atoms with E-state index in [1.165, 1.54) is 12.3 Å². The lowest BCUT2D eigenvalue weighted by molar-refractivity contribution is 0.304. The van der Waals surface area contributed by atoms with Gasteiger partial charge in [-0.2, -0.15) is 0 Å². The number of aromatic nitrogens is 1. The van der Waals surface area contributed by atoms with Crippen LogP contribution in [0, 0.1) is 11.7 Å². The van der Waals surface area contributed by atoms with E-state index in [9.17, 15) is 4.39 Å². The Bertz CT molecular complexity index is 312. The molecule has 1 aromatic heterocycles. The minimum Gasteiger partial charge on any atom is -0.321 e. The van der Waals surface area contributed by atoms with Crippen molar-refractivity contribution in [3.63, 3.8) is 0 Å². The smallest absolute Gasteiger partial charge is 0.141 e. The summed E-state index contributed by atoms with van der Waals surface area (Å²) < 4.78 is 13.0. The molecular formula is C11H17FN2. The summed E-state index contributed by atoms with van der Waals surface area (Å²) in [5.74, 6) is -0.0671. The van der Waals surface area contributed by atoms with Gasteiger partial charge in [0.15, 0.2) is 0 Å².